The molecule has 100 valence electrons. The van der Waals surface area contributed by atoms with Gasteiger partial charge in [0.1, 0.15) is 5.82 Å². The predicted molar refractivity (Wildman–Crippen MR) is 68.4 cm³/mol. The molecule has 2 N–H and O–H groups in total. The van der Waals surface area contributed by atoms with Crippen LogP contribution in [0.25, 0.3) is 0 Å². The highest BCUT2D eigenvalue weighted by molar-refractivity contribution is 7.93. The molecule has 0 atom stereocenters. The van der Waals surface area contributed by atoms with Crippen LogP contribution in [0.3, 0.4) is 0 Å². The van der Waals surface area contributed by atoms with Crippen molar-refractivity contribution in [1.82, 2.24) is 0 Å². The molecule has 0 aliphatic heterocycles. The van der Waals surface area contributed by atoms with Crippen LogP contribution in [-0.2, 0) is 14.8 Å². The smallest absolute Gasteiger partial charge is 0.235 e. The number of hydrogen-bond donors (Lipinski definition) is 2. The van der Waals surface area contributed by atoms with Crippen molar-refractivity contribution in [2.45, 2.75) is 26.0 Å². The van der Waals surface area contributed by atoms with Crippen molar-refractivity contribution < 1.29 is 17.6 Å². The molecule has 0 spiro atoms. The highest BCUT2D eigenvalue weighted by atomic mass is 32.2. The van der Waals surface area contributed by atoms with E-state index in [1.807, 2.05) is 0 Å². The van der Waals surface area contributed by atoms with Crippen LogP contribution in [-0.4, -0.2) is 19.6 Å². The molecule has 0 saturated heterocycles. The zero-order chi connectivity index (χ0) is 13.9. The SMILES string of the molecule is CC(=O)Nc1ccc(F)c(NS(=O)(=O)C(C)C)c1. The molecule has 1 aromatic carbocycles. The minimum absolute atomic E-state index is 0.185. The van der Waals surface area contributed by atoms with Gasteiger partial charge in [0.15, 0.2) is 0 Å². The van der Waals surface area contributed by atoms with Crippen LogP contribution < -0.4 is 10.0 Å². The van der Waals surface area contributed by atoms with E-state index in [1.165, 1.54) is 32.9 Å². The van der Waals surface area contributed by atoms with Gasteiger partial charge in [-0.3, -0.25) is 9.52 Å². The van der Waals surface area contributed by atoms with Gasteiger partial charge in [0.25, 0.3) is 0 Å². The summed E-state index contributed by atoms with van der Waals surface area (Å²) >= 11 is 0. The third-order valence-electron chi connectivity index (χ3n) is 2.16. The van der Waals surface area contributed by atoms with Crippen molar-refractivity contribution in [3.05, 3.63) is 24.0 Å². The number of amides is 1. The summed E-state index contributed by atoms with van der Waals surface area (Å²) in [7, 11) is -3.62. The van der Waals surface area contributed by atoms with Gasteiger partial charge in [-0.2, -0.15) is 0 Å². The van der Waals surface area contributed by atoms with Gasteiger partial charge in [-0.15, -0.1) is 0 Å². The van der Waals surface area contributed by atoms with Crippen LogP contribution >= 0.6 is 0 Å². The monoisotopic (exact) mass is 274 g/mol. The van der Waals surface area contributed by atoms with Crippen LogP contribution in [0.4, 0.5) is 15.8 Å². The molecule has 0 fully saturated rings. The van der Waals surface area contributed by atoms with Gasteiger partial charge in [-0.25, -0.2) is 12.8 Å². The Bertz CT molecular complexity index is 555. The van der Waals surface area contributed by atoms with E-state index in [1.54, 1.807) is 0 Å². The van der Waals surface area contributed by atoms with Crippen LogP contribution in [0.5, 0.6) is 0 Å². The number of nitrogens with one attached hydrogen (secondary N) is 2. The molecule has 0 heterocycles. The second-order valence-corrected chi connectivity index (χ2v) is 6.31. The number of carbonyl (C=O) groups is 1. The Hall–Kier alpha value is -1.63. The van der Waals surface area contributed by atoms with Crippen molar-refractivity contribution >= 4 is 27.3 Å². The third-order valence-corrected chi connectivity index (χ3v) is 3.91. The summed E-state index contributed by atoms with van der Waals surface area (Å²) in [5.41, 5.74) is 0.139. The minimum Gasteiger partial charge on any atom is -0.326 e. The fraction of sp³-hybridized carbons (Fsp3) is 0.364. The lowest BCUT2D eigenvalue weighted by Gasteiger charge is -2.12. The summed E-state index contributed by atoms with van der Waals surface area (Å²) in [6.07, 6.45) is 0. The average Bonchev–Trinajstić information content (AvgIpc) is 2.21. The minimum atomic E-state index is -3.62. The van der Waals surface area contributed by atoms with E-state index in [0.29, 0.717) is 5.69 Å². The molecule has 1 amide bonds. The first kappa shape index (κ1) is 14.4. The molecular formula is C11H15FN2O3S. The standard InChI is InChI=1S/C11H15FN2O3S/c1-7(2)18(16,17)14-11-6-9(13-8(3)15)4-5-10(11)12/h4-7,14H,1-3H3,(H,13,15). The molecule has 0 saturated carbocycles. The van der Waals surface area contributed by atoms with E-state index in [4.69, 9.17) is 0 Å². The first-order chi connectivity index (χ1) is 8.22. The van der Waals surface area contributed by atoms with Gasteiger partial charge < -0.3 is 5.32 Å². The van der Waals surface area contributed by atoms with Crippen molar-refractivity contribution in [2.24, 2.45) is 0 Å². The Kier molecular flexibility index (Phi) is 4.28. The summed E-state index contributed by atoms with van der Waals surface area (Å²) in [5.74, 6) is -1.02. The molecule has 18 heavy (non-hydrogen) atoms. The number of rotatable bonds is 4. The molecule has 7 heteroatoms. The number of anilines is 2. The highest BCUT2D eigenvalue weighted by Crippen LogP contribution is 2.21. The average molecular weight is 274 g/mol. The zero-order valence-corrected chi connectivity index (χ0v) is 11.1. The molecule has 0 aromatic heterocycles. The maximum atomic E-state index is 13.5. The molecular weight excluding hydrogens is 259 g/mol. The molecule has 5 nitrogen and oxygen atoms in total. The fourth-order valence-corrected chi connectivity index (χ4v) is 1.85. The lowest BCUT2D eigenvalue weighted by Crippen LogP contribution is -2.23. The van der Waals surface area contributed by atoms with Crippen molar-refractivity contribution in [2.75, 3.05) is 10.0 Å². The van der Waals surface area contributed by atoms with Gasteiger partial charge in [-0.05, 0) is 32.0 Å². The lowest BCUT2D eigenvalue weighted by molar-refractivity contribution is -0.114. The molecule has 0 unspecified atom stereocenters. The van der Waals surface area contributed by atoms with Gasteiger partial charge in [0.2, 0.25) is 15.9 Å². The quantitative estimate of drug-likeness (QED) is 0.881. The van der Waals surface area contributed by atoms with Crippen LogP contribution in [0.15, 0.2) is 18.2 Å². The van der Waals surface area contributed by atoms with Crippen LogP contribution in [0.1, 0.15) is 20.8 Å². The predicted octanol–water partition coefficient (Wildman–Crippen LogP) is 1.93. The summed E-state index contributed by atoms with van der Waals surface area (Å²) in [4.78, 5) is 10.9. The van der Waals surface area contributed by atoms with Crippen LogP contribution in [0.2, 0.25) is 0 Å². The first-order valence-electron chi connectivity index (χ1n) is 5.31. The maximum Gasteiger partial charge on any atom is 0.235 e. The fourth-order valence-electron chi connectivity index (χ4n) is 1.16. The van der Waals surface area contributed by atoms with E-state index in [0.717, 1.165) is 6.07 Å². The van der Waals surface area contributed by atoms with Gasteiger partial charge in [-0.1, -0.05) is 0 Å². The number of carbonyl (C=O) groups excluding carboxylic acids is 1. The highest BCUT2D eigenvalue weighted by Gasteiger charge is 2.17. The topological polar surface area (TPSA) is 75.3 Å². The first-order valence-corrected chi connectivity index (χ1v) is 6.86. The van der Waals surface area contributed by atoms with Gasteiger partial charge in [0.05, 0.1) is 10.9 Å². The van der Waals surface area contributed by atoms with Gasteiger partial charge in [0, 0.05) is 12.6 Å². The number of benzene rings is 1. The van der Waals surface area contributed by atoms with E-state index < -0.39 is 21.1 Å². The maximum absolute atomic E-state index is 13.5. The Balaban J connectivity index is 3.05. The second kappa shape index (κ2) is 5.34. The van der Waals surface area contributed by atoms with E-state index >= 15 is 0 Å². The Labute approximate surface area is 105 Å². The van der Waals surface area contributed by atoms with Crippen molar-refractivity contribution in [3.63, 3.8) is 0 Å². The Morgan fingerprint density at radius 2 is 1.94 bits per heavy atom. The zero-order valence-electron chi connectivity index (χ0n) is 10.3. The summed E-state index contributed by atoms with van der Waals surface area (Å²) in [6.45, 7) is 4.27. The molecule has 1 rings (SSSR count). The number of hydrogen-bond acceptors (Lipinski definition) is 3. The summed E-state index contributed by atoms with van der Waals surface area (Å²) in [5, 5.41) is 1.77. The Morgan fingerprint density at radius 3 is 2.44 bits per heavy atom. The molecule has 0 aliphatic rings. The largest absolute Gasteiger partial charge is 0.326 e. The summed E-state index contributed by atoms with van der Waals surface area (Å²) < 4.78 is 38.8. The summed E-state index contributed by atoms with van der Waals surface area (Å²) in [6, 6.07) is 3.67. The third kappa shape index (κ3) is 3.69. The lowest BCUT2D eigenvalue weighted by atomic mass is 10.2. The van der Waals surface area contributed by atoms with E-state index in [2.05, 4.69) is 10.0 Å². The van der Waals surface area contributed by atoms with E-state index in [9.17, 15) is 17.6 Å². The van der Waals surface area contributed by atoms with Crippen molar-refractivity contribution in [1.29, 1.82) is 0 Å². The number of sulfonamides is 1. The molecule has 1 aromatic rings. The second-order valence-electron chi connectivity index (χ2n) is 4.07. The molecule has 0 aliphatic carbocycles. The Morgan fingerprint density at radius 1 is 1.33 bits per heavy atom. The van der Waals surface area contributed by atoms with Crippen molar-refractivity contribution in [3.8, 4) is 0 Å². The normalized spacial score (nSPS) is 11.4. The van der Waals surface area contributed by atoms with E-state index in [-0.39, 0.29) is 11.6 Å². The van der Waals surface area contributed by atoms with Crippen LogP contribution in [0, 0.1) is 5.82 Å². The molecule has 0 bridgehead atoms. The molecule has 0 radical (unpaired) electrons. The number of halogens is 1. The van der Waals surface area contributed by atoms with Gasteiger partial charge >= 0.3 is 0 Å².